The number of methoxy groups -OCH3 is 1. The van der Waals surface area contributed by atoms with Crippen molar-refractivity contribution >= 4 is 11.0 Å². The van der Waals surface area contributed by atoms with Crippen molar-refractivity contribution in [2.45, 2.75) is 91.9 Å². The van der Waals surface area contributed by atoms with E-state index in [9.17, 15) is 4.79 Å². The minimum Gasteiger partial charge on any atom is -0.493 e. The molecule has 0 atom stereocenters. The van der Waals surface area contributed by atoms with Crippen LogP contribution < -0.4 is 19.8 Å². The molecule has 35 heavy (non-hydrogen) atoms. The van der Waals surface area contributed by atoms with Crippen LogP contribution in [0.4, 0.5) is 0 Å². The summed E-state index contributed by atoms with van der Waals surface area (Å²) in [6.45, 7) is 9.34. The molecule has 1 aromatic heterocycles. The molecule has 2 rings (SSSR count). The summed E-state index contributed by atoms with van der Waals surface area (Å²) in [5, 5.41) is 0.683. The minimum absolute atomic E-state index is 0.124. The van der Waals surface area contributed by atoms with Crippen molar-refractivity contribution in [3.8, 4) is 17.2 Å². The molecule has 0 bridgehead atoms. The van der Waals surface area contributed by atoms with Gasteiger partial charge in [-0.05, 0) is 58.2 Å². The van der Waals surface area contributed by atoms with E-state index in [4.69, 9.17) is 18.6 Å². The Morgan fingerprint density at radius 2 is 1.63 bits per heavy atom. The minimum atomic E-state index is -0.552. The van der Waals surface area contributed by atoms with Crippen molar-refractivity contribution in [2.24, 2.45) is 0 Å². The van der Waals surface area contributed by atoms with E-state index in [-0.39, 0.29) is 12.4 Å². The molecule has 2 aromatic rings. The Labute approximate surface area is 211 Å². The van der Waals surface area contributed by atoms with E-state index in [2.05, 4.69) is 33.8 Å². The van der Waals surface area contributed by atoms with Crippen molar-refractivity contribution in [3.63, 3.8) is 0 Å². The molecule has 0 N–H and O–H groups in total. The number of hydrogen-bond acceptors (Lipinski definition) is 5. The third-order valence-corrected chi connectivity index (χ3v) is 6.02. The fourth-order valence-electron chi connectivity index (χ4n) is 3.95. The molecule has 1 aromatic carbocycles. The molecular weight excluding hydrogens is 440 g/mol. The summed E-state index contributed by atoms with van der Waals surface area (Å²) in [6, 6.07) is 5.51. The Balaban J connectivity index is 2.09. The van der Waals surface area contributed by atoms with Gasteiger partial charge >= 0.3 is 5.63 Å². The summed E-state index contributed by atoms with van der Waals surface area (Å²) in [6.07, 6.45) is 15.9. The van der Waals surface area contributed by atoms with Crippen molar-refractivity contribution in [3.05, 3.63) is 51.9 Å². The average Bonchev–Trinajstić information content (AvgIpc) is 2.83. The predicted octanol–water partition coefficient (Wildman–Crippen LogP) is 8.39. The second-order valence-corrected chi connectivity index (χ2v) is 9.39. The van der Waals surface area contributed by atoms with E-state index in [1.807, 2.05) is 18.2 Å². The first-order valence-corrected chi connectivity index (χ1v) is 13.2. The molecule has 0 amide bonds. The molecule has 1 heterocycles. The molecule has 0 spiro atoms. The highest BCUT2D eigenvalue weighted by Crippen LogP contribution is 2.37. The van der Waals surface area contributed by atoms with Gasteiger partial charge in [-0.15, -0.1) is 0 Å². The lowest BCUT2D eigenvalue weighted by Crippen LogP contribution is -2.11. The monoisotopic (exact) mass is 484 g/mol. The molecule has 0 aliphatic carbocycles. The lowest BCUT2D eigenvalue weighted by atomic mass is 10.1. The quantitative estimate of drug-likeness (QED) is 0.128. The van der Waals surface area contributed by atoms with E-state index >= 15 is 0 Å². The maximum atomic E-state index is 12.8. The van der Waals surface area contributed by atoms with Gasteiger partial charge in [-0.2, -0.15) is 0 Å². The van der Waals surface area contributed by atoms with Gasteiger partial charge in [0.05, 0.1) is 19.1 Å². The molecule has 0 aliphatic rings. The summed E-state index contributed by atoms with van der Waals surface area (Å²) in [5.74, 6) is 1.06. The second kappa shape index (κ2) is 16.1. The molecular formula is C30H44O5. The van der Waals surface area contributed by atoms with Crippen LogP contribution in [-0.2, 0) is 0 Å². The lowest BCUT2D eigenvalue weighted by molar-refractivity contribution is 0.269. The van der Waals surface area contributed by atoms with Crippen LogP contribution in [0.15, 0.2) is 50.7 Å². The largest absolute Gasteiger partial charge is 0.493 e. The first kappa shape index (κ1) is 28.5. The van der Waals surface area contributed by atoms with Gasteiger partial charge in [-0.3, -0.25) is 0 Å². The number of ether oxygens (including phenoxy) is 3. The topological polar surface area (TPSA) is 57.9 Å². The number of fused-ring (bicyclic) bond motifs is 1. The first-order chi connectivity index (χ1) is 17.0. The van der Waals surface area contributed by atoms with Crippen LogP contribution in [0.1, 0.15) is 91.9 Å². The number of para-hydroxylation sites is 1. The number of allylic oxidation sites excluding steroid dienone is 3. The maximum absolute atomic E-state index is 12.8. The van der Waals surface area contributed by atoms with E-state index < -0.39 is 5.63 Å². The van der Waals surface area contributed by atoms with E-state index in [0.717, 1.165) is 25.7 Å². The molecule has 0 fully saturated rings. The Kier molecular flexibility index (Phi) is 13.1. The van der Waals surface area contributed by atoms with Gasteiger partial charge in [-0.1, -0.05) is 75.2 Å². The molecule has 0 radical (unpaired) electrons. The fraction of sp³-hybridized carbons (Fsp3) is 0.567. The van der Waals surface area contributed by atoms with Crippen LogP contribution in [0.3, 0.4) is 0 Å². The van der Waals surface area contributed by atoms with Crippen LogP contribution in [0.5, 0.6) is 17.2 Å². The standard InChI is InChI=1S/C30H44O5/c1-6-7-8-9-10-11-12-13-21-33-28-25-18-15-19-26(32-5)27(25)35-30(31)29(28)34-22-20-24(4)17-14-16-23(2)3/h15-16,18-20H,6-14,17,21-22H2,1-5H3. The molecule has 194 valence electrons. The van der Waals surface area contributed by atoms with Crippen molar-refractivity contribution in [2.75, 3.05) is 20.3 Å². The van der Waals surface area contributed by atoms with Crippen LogP contribution in [0.25, 0.3) is 11.0 Å². The smallest absolute Gasteiger partial charge is 0.383 e. The van der Waals surface area contributed by atoms with Crippen molar-refractivity contribution < 1.29 is 18.6 Å². The molecule has 0 unspecified atom stereocenters. The van der Waals surface area contributed by atoms with E-state index in [1.165, 1.54) is 49.7 Å². The zero-order valence-corrected chi connectivity index (χ0v) is 22.4. The van der Waals surface area contributed by atoms with Crippen molar-refractivity contribution in [1.82, 2.24) is 0 Å². The Morgan fingerprint density at radius 3 is 2.31 bits per heavy atom. The van der Waals surface area contributed by atoms with Crippen molar-refractivity contribution in [1.29, 1.82) is 0 Å². The van der Waals surface area contributed by atoms with Gasteiger partial charge in [0.25, 0.3) is 0 Å². The number of unbranched alkanes of at least 4 members (excludes halogenated alkanes) is 7. The summed E-state index contributed by atoms with van der Waals surface area (Å²) in [7, 11) is 1.56. The summed E-state index contributed by atoms with van der Waals surface area (Å²) in [4.78, 5) is 12.8. The summed E-state index contributed by atoms with van der Waals surface area (Å²) in [5.41, 5.74) is 2.36. The molecule has 5 nitrogen and oxygen atoms in total. The Hall–Kier alpha value is -2.69. The molecule has 0 aliphatic heterocycles. The molecule has 0 saturated heterocycles. The van der Waals surface area contributed by atoms with Gasteiger partial charge in [0.2, 0.25) is 5.75 Å². The van der Waals surface area contributed by atoms with Crippen LogP contribution in [-0.4, -0.2) is 20.3 Å². The Bertz CT molecular complexity index is 1010. The zero-order valence-electron chi connectivity index (χ0n) is 22.4. The molecule has 5 heteroatoms. The summed E-state index contributed by atoms with van der Waals surface area (Å²) < 4.78 is 23.1. The van der Waals surface area contributed by atoms with Crippen LogP contribution in [0.2, 0.25) is 0 Å². The third kappa shape index (κ3) is 9.83. The van der Waals surface area contributed by atoms with Crippen LogP contribution >= 0.6 is 0 Å². The Morgan fingerprint density at radius 1 is 0.914 bits per heavy atom. The zero-order chi connectivity index (χ0) is 25.5. The average molecular weight is 485 g/mol. The van der Waals surface area contributed by atoms with Crippen LogP contribution in [0, 0.1) is 0 Å². The fourth-order valence-corrected chi connectivity index (χ4v) is 3.95. The lowest BCUT2D eigenvalue weighted by Gasteiger charge is -2.14. The van der Waals surface area contributed by atoms with Gasteiger partial charge in [-0.25, -0.2) is 4.79 Å². The van der Waals surface area contributed by atoms with Gasteiger partial charge < -0.3 is 18.6 Å². The first-order valence-electron chi connectivity index (χ1n) is 13.2. The highest BCUT2D eigenvalue weighted by atomic mass is 16.5. The van der Waals surface area contributed by atoms with Gasteiger partial charge in [0.15, 0.2) is 17.1 Å². The summed E-state index contributed by atoms with van der Waals surface area (Å²) >= 11 is 0. The maximum Gasteiger partial charge on any atom is 0.383 e. The third-order valence-electron chi connectivity index (χ3n) is 6.02. The van der Waals surface area contributed by atoms with E-state index in [0.29, 0.717) is 29.1 Å². The van der Waals surface area contributed by atoms with Gasteiger partial charge in [0, 0.05) is 0 Å². The second-order valence-electron chi connectivity index (χ2n) is 9.39. The normalized spacial score (nSPS) is 11.5. The number of hydrogen-bond donors (Lipinski definition) is 0. The molecule has 0 saturated carbocycles. The highest BCUT2D eigenvalue weighted by molar-refractivity contribution is 5.89. The predicted molar refractivity (Wildman–Crippen MR) is 145 cm³/mol. The SMILES string of the molecule is CCCCCCCCCCOc1c(OCC=C(C)CCC=C(C)C)c(=O)oc2c(OC)cccc12. The van der Waals surface area contributed by atoms with E-state index in [1.54, 1.807) is 13.2 Å². The highest BCUT2D eigenvalue weighted by Gasteiger charge is 2.20. The van der Waals surface area contributed by atoms with Gasteiger partial charge in [0.1, 0.15) is 6.61 Å². The number of benzene rings is 1. The number of rotatable bonds is 17.